The first-order valence-corrected chi connectivity index (χ1v) is 5.79. The Morgan fingerprint density at radius 3 is 2.78 bits per heavy atom. The van der Waals surface area contributed by atoms with Gasteiger partial charge < -0.3 is 9.47 Å². The van der Waals surface area contributed by atoms with Crippen LogP contribution in [0, 0.1) is 5.92 Å². The third kappa shape index (κ3) is 3.00. The molecule has 1 amide bonds. The molecular formula is C13H16N2O3. The van der Waals surface area contributed by atoms with Crippen molar-refractivity contribution in [2.24, 2.45) is 11.0 Å². The van der Waals surface area contributed by atoms with E-state index < -0.39 is 0 Å². The van der Waals surface area contributed by atoms with E-state index in [1.54, 1.807) is 26.5 Å². The lowest BCUT2D eigenvalue weighted by Gasteiger charge is -2.06. The maximum atomic E-state index is 11.4. The van der Waals surface area contributed by atoms with Crippen LogP contribution in [0.4, 0.5) is 0 Å². The summed E-state index contributed by atoms with van der Waals surface area (Å²) in [6.07, 6.45) is 3.50. The van der Waals surface area contributed by atoms with Gasteiger partial charge in [0, 0.05) is 17.5 Å². The molecule has 1 aromatic carbocycles. The van der Waals surface area contributed by atoms with Crippen LogP contribution < -0.4 is 14.9 Å². The van der Waals surface area contributed by atoms with E-state index in [2.05, 4.69) is 10.5 Å². The topological polar surface area (TPSA) is 59.9 Å². The molecule has 0 aliphatic heterocycles. The van der Waals surface area contributed by atoms with Gasteiger partial charge in [0.1, 0.15) is 11.5 Å². The molecular weight excluding hydrogens is 232 g/mol. The first-order chi connectivity index (χ1) is 8.74. The molecule has 1 aromatic rings. The molecule has 1 N–H and O–H groups in total. The third-order valence-electron chi connectivity index (χ3n) is 2.77. The second kappa shape index (κ2) is 5.53. The summed E-state index contributed by atoms with van der Waals surface area (Å²) in [5.74, 6) is 1.50. The van der Waals surface area contributed by atoms with Gasteiger partial charge in [-0.2, -0.15) is 5.10 Å². The summed E-state index contributed by atoms with van der Waals surface area (Å²) in [6.45, 7) is 0. The van der Waals surface area contributed by atoms with E-state index in [0.29, 0.717) is 11.5 Å². The Labute approximate surface area is 106 Å². The van der Waals surface area contributed by atoms with Gasteiger partial charge in [0.25, 0.3) is 0 Å². The smallest absolute Gasteiger partial charge is 0.243 e. The molecule has 1 saturated carbocycles. The lowest BCUT2D eigenvalue weighted by Crippen LogP contribution is -2.19. The van der Waals surface area contributed by atoms with Crippen LogP contribution >= 0.6 is 0 Å². The molecule has 1 fully saturated rings. The molecule has 0 heterocycles. The maximum absolute atomic E-state index is 11.4. The van der Waals surface area contributed by atoms with Crippen LogP contribution in [0.15, 0.2) is 23.3 Å². The van der Waals surface area contributed by atoms with Crippen molar-refractivity contribution in [2.45, 2.75) is 12.8 Å². The number of nitrogens with one attached hydrogen (secondary N) is 1. The van der Waals surface area contributed by atoms with Crippen molar-refractivity contribution in [3.05, 3.63) is 23.8 Å². The molecule has 0 saturated heterocycles. The van der Waals surface area contributed by atoms with E-state index in [0.717, 1.165) is 18.4 Å². The van der Waals surface area contributed by atoms with Crippen LogP contribution in [-0.4, -0.2) is 26.3 Å². The van der Waals surface area contributed by atoms with Gasteiger partial charge in [-0.05, 0) is 25.0 Å². The summed E-state index contributed by atoms with van der Waals surface area (Å²) in [4.78, 5) is 11.4. The predicted molar refractivity (Wildman–Crippen MR) is 68.0 cm³/mol. The molecule has 5 nitrogen and oxygen atoms in total. The van der Waals surface area contributed by atoms with Crippen molar-refractivity contribution in [1.29, 1.82) is 0 Å². The average Bonchev–Trinajstić information content (AvgIpc) is 3.23. The predicted octanol–water partition coefficient (Wildman–Crippen LogP) is 1.56. The summed E-state index contributed by atoms with van der Waals surface area (Å²) in [6, 6.07) is 5.40. The SMILES string of the molecule is COc1ccc(/C=N/NC(=O)C2CC2)c(OC)c1. The maximum Gasteiger partial charge on any atom is 0.243 e. The Balaban J connectivity index is 2.02. The largest absolute Gasteiger partial charge is 0.497 e. The molecule has 0 unspecified atom stereocenters. The van der Waals surface area contributed by atoms with E-state index >= 15 is 0 Å². The molecule has 1 aliphatic rings. The zero-order valence-electron chi connectivity index (χ0n) is 10.5. The van der Waals surface area contributed by atoms with Gasteiger partial charge in [-0.3, -0.25) is 4.79 Å². The Morgan fingerprint density at radius 1 is 1.39 bits per heavy atom. The van der Waals surface area contributed by atoms with Gasteiger partial charge in [0.15, 0.2) is 0 Å². The zero-order valence-corrected chi connectivity index (χ0v) is 10.5. The highest BCUT2D eigenvalue weighted by molar-refractivity contribution is 5.86. The highest BCUT2D eigenvalue weighted by Gasteiger charge is 2.29. The van der Waals surface area contributed by atoms with Crippen molar-refractivity contribution in [3.8, 4) is 11.5 Å². The highest BCUT2D eigenvalue weighted by atomic mass is 16.5. The first kappa shape index (κ1) is 12.4. The second-order valence-corrected chi connectivity index (χ2v) is 4.12. The monoisotopic (exact) mass is 248 g/mol. The van der Waals surface area contributed by atoms with Gasteiger partial charge in [-0.1, -0.05) is 0 Å². The van der Waals surface area contributed by atoms with Gasteiger partial charge in [0.2, 0.25) is 5.91 Å². The van der Waals surface area contributed by atoms with Crippen molar-refractivity contribution in [1.82, 2.24) is 5.43 Å². The van der Waals surface area contributed by atoms with E-state index in [1.165, 1.54) is 0 Å². The van der Waals surface area contributed by atoms with Crippen LogP contribution in [0.25, 0.3) is 0 Å². The number of benzene rings is 1. The van der Waals surface area contributed by atoms with Gasteiger partial charge in [-0.15, -0.1) is 0 Å². The molecule has 0 radical (unpaired) electrons. The Bertz CT molecular complexity index is 467. The molecule has 18 heavy (non-hydrogen) atoms. The summed E-state index contributed by atoms with van der Waals surface area (Å²) in [5, 5.41) is 3.92. The zero-order chi connectivity index (χ0) is 13.0. The van der Waals surface area contributed by atoms with Crippen LogP contribution in [-0.2, 0) is 4.79 Å². The van der Waals surface area contributed by atoms with E-state index in [1.807, 2.05) is 12.1 Å². The molecule has 0 aromatic heterocycles. The summed E-state index contributed by atoms with van der Waals surface area (Å²) < 4.78 is 10.3. The highest BCUT2D eigenvalue weighted by Crippen LogP contribution is 2.28. The Hall–Kier alpha value is -2.04. The normalized spacial score (nSPS) is 14.6. The fraction of sp³-hybridized carbons (Fsp3) is 0.385. The number of hydrogen-bond donors (Lipinski definition) is 1. The standard InChI is InChI=1S/C13H16N2O3/c1-17-11-6-5-10(12(7-11)18-2)8-14-15-13(16)9-3-4-9/h5-9H,3-4H2,1-2H3,(H,15,16)/b14-8+. The van der Waals surface area contributed by atoms with Gasteiger partial charge in [-0.25, -0.2) is 5.43 Å². The molecule has 5 heteroatoms. The first-order valence-electron chi connectivity index (χ1n) is 5.79. The number of hydrogen-bond acceptors (Lipinski definition) is 4. The van der Waals surface area contributed by atoms with E-state index in [4.69, 9.17) is 9.47 Å². The third-order valence-corrected chi connectivity index (χ3v) is 2.77. The lowest BCUT2D eigenvalue weighted by molar-refractivity contribution is -0.122. The summed E-state index contributed by atoms with van der Waals surface area (Å²) in [7, 11) is 3.17. The van der Waals surface area contributed by atoms with Gasteiger partial charge >= 0.3 is 0 Å². The van der Waals surface area contributed by atoms with Crippen LogP contribution in [0.1, 0.15) is 18.4 Å². The Morgan fingerprint density at radius 2 is 2.17 bits per heavy atom. The van der Waals surface area contributed by atoms with Crippen LogP contribution in [0.3, 0.4) is 0 Å². The van der Waals surface area contributed by atoms with Crippen molar-refractivity contribution >= 4 is 12.1 Å². The van der Waals surface area contributed by atoms with E-state index in [9.17, 15) is 4.79 Å². The number of carbonyl (C=O) groups excluding carboxylic acids is 1. The molecule has 1 aliphatic carbocycles. The fourth-order valence-electron chi connectivity index (χ4n) is 1.53. The minimum atomic E-state index is -0.0151. The van der Waals surface area contributed by atoms with Gasteiger partial charge in [0.05, 0.1) is 20.4 Å². The number of methoxy groups -OCH3 is 2. The molecule has 2 rings (SSSR count). The number of carbonyl (C=O) groups is 1. The lowest BCUT2D eigenvalue weighted by atomic mass is 10.2. The van der Waals surface area contributed by atoms with Crippen molar-refractivity contribution < 1.29 is 14.3 Å². The van der Waals surface area contributed by atoms with E-state index in [-0.39, 0.29) is 11.8 Å². The number of rotatable bonds is 5. The molecule has 96 valence electrons. The number of ether oxygens (including phenoxy) is 2. The Kier molecular flexibility index (Phi) is 3.82. The van der Waals surface area contributed by atoms with Crippen LogP contribution in [0.2, 0.25) is 0 Å². The van der Waals surface area contributed by atoms with Crippen molar-refractivity contribution in [2.75, 3.05) is 14.2 Å². The summed E-state index contributed by atoms with van der Waals surface area (Å²) in [5.41, 5.74) is 3.30. The van der Waals surface area contributed by atoms with Crippen LogP contribution in [0.5, 0.6) is 11.5 Å². The summed E-state index contributed by atoms with van der Waals surface area (Å²) >= 11 is 0. The molecule has 0 bridgehead atoms. The number of amides is 1. The molecule has 0 atom stereocenters. The number of nitrogens with zero attached hydrogens (tertiary/aromatic N) is 1. The minimum absolute atomic E-state index is 0.0151. The average molecular weight is 248 g/mol. The second-order valence-electron chi connectivity index (χ2n) is 4.12. The fourth-order valence-corrected chi connectivity index (χ4v) is 1.53. The molecule has 0 spiro atoms. The minimum Gasteiger partial charge on any atom is -0.497 e. The van der Waals surface area contributed by atoms with Crippen molar-refractivity contribution in [3.63, 3.8) is 0 Å². The number of hydrazone groups is 1. The quantitative estimate of drug-likeness (QED) is 0.635.